The molecule has 3 N–H and O–H groups in total. The largest absolute Gasteiger partial charge is 0.491 e. The van der Waals surface area contributed by atoms with Gasteiger partial charge in [-0.2, -0.15) is 4.31 Å². The highest BCUT2D eigenvalue weighted by Crippen LogP contribution is 2.46. The van der Waals surface area contributed by atoms with Crippen LogP contribution in [-0.2, 0) is 35.9 Å². The minimum absolute atomic E-state index is 0.0273. The maximum atomic E-state index is 13.7. The van der Waals surface area contributed by atoms with Crippen molar-refractivity contribution >= 4 is 19.9 Å². The summed E-state index contributed by atoms with van der Waals surface area (Å²) in [5.41, 5.74) is 2.59. The van der Waals surface area contributed by atoms with Crippen molar-refractivity contribution in [3.05, 3.63) is 78.4 Å². The number of methoxy groups -OCH3 is 1. The van der Waals surface area contributed by atoms with E-state index >= 15 is 0 Å². The molecule has 3 aromatic carbocycles. The highest BCUT2D eigenvalue weighted by Gasteiger charge is 2.54. The molecule has 0 aromatic heterocycles. The highest BCUT2D eigenvalue weighted by atomic mass is 32.2. The zero-order chi connectivity index (χ0) is 36.1. The first kappa shape index (κ1) is 37.9. The van der Waals surface area contributed by atoms with Gasteiger partial charge in [0.15, 0.2) is 9.84 Å². The average Bonchev–Trinajstić information content (AvgIpc) is 3.88. The number of sulfonamides is 1. The van der Waals surface area contributed by atoms with Gasteiger partial charge in [-0.15, -0.1) is 0 Å². The monoisotopic (exact) mass is 742 g/mol. The number of rotatable bonds is 17. The summed E-state index contributed by atoms with van der Waals surface area (Å²) in [6.07, 6.45) is 3.43. The summed E-state index contributed by atoms with van der Waals surface area (Å²) in [5.74, 6) is 0.602. The lowest BCUT2D eigenvalue weighted by Gasteiger charge is -2.38. The molecular formula is C38H50N2O9S2. The number of aliphatic hydroxyl groups is 2. The molecule has 2 saturated heterocycles. The van der Waals surface area contributed by atoms with Crippen LogP contribution in [0.25, 0.3) is 11.1 Å². The Morgan fingerprint density at radius 1 is 0.941 bits per heavy atom. The molecule has 1 saturated carbocycles. The molecule has 1 aliphatic carbocycles. The van der Waals surface area contributed by atoms with Gasteiger partial charge in [0.05, 0.1) is 46.1 Å². The summed E-state index contributed by atoms with van der Waals surface area (Å²) in [6.45, 7) is 3.12. The van der Waals surface area contributed by atoms with Gasteiger partial charge in [0.1, 0.15) is 12.4 Å². The van der Waals surface area contributed by atoms with Crippen LogP contribution in [0.4, 0.5) is 0 Å². The minimum Gasteiger partial charge on any atom is -0.491 e. The van der Waals surface area contributed by atoms with E-state index in [9.17, 15) is 27.0 Å². The van der Waals surface area contributed by atoms with Crippen molar-refractivity contribution in [1.82, 2.24) is 9.62 Å². The molecule has 0 bridgehead atoms. The van der Waals surface area contributed by atoms with Crippen molar-refractivity contribution in [2.24, 2.45) is 5.92 Å². The van der Waals surface area contributed by atoms with Gasteiger partial charge in [-0.05, 0) is 97.9 Å². The molecule has 2 atom stereocenters. The van der Waals surface area contributed by atoms with E-state index < -0.39 is 37.3 Å². The third kappa shape index (κ3) is 8.68. The van der Waals surface area contributed by atoms with Gasteiger partial charge < -0.3 is 29.7 Å². The van der Waals surface area contributed by atoms with Crippen LogP contribution in [0.3, 0.4) is 0 Å². The second-order valence-electron chi connectivity index (χ2n) is 14.2. The fourth-order valence-electron chi connectivity index (χ4n) is 7.15. The first-order valence-corrected chi connectivity index (χ1v) is 20.7. The lowest BCUT2D eigenvalue weighted by Crippen LogP contribution is -2.46. The molecular weight excluding hydrogens is 693 g/mol. The summed E-state index contributed by atoms with van der Waals surface area (Å²) in [7, 11) is -5.67. The molecule has 11 nitrogen and oxygen atoms in total. The minimum atomic E-state index is -3.68. The second-order valence-corrected chi connectivity index (χ2v) is 18.5. The van der Waals surface area contributed by atoms with Gasteiger partial charge in [-0.3, -0.25) is 0 Å². The second kappa shape index (κ2) is 16.0. The van der Waals surface area contributed by atoms with Crippen LogP contribution in [-0.4, -0.2) is 101 Å². The molecule has 51 heavy (non-hydrogen) atoms. The molecule has 278 valence electrons. The molecule has 0 radical (unpaired) electrons. The Hall–Kier alpha value is -2.88. The fraction of sp³-hybridized carbons (Fsp3) is 0.526. The predicted molar refractivity (Wildman–Crippen MR) is 194 cm³/mol. The van der Waals surface area contributed by atoms with E-state index in [0.717, 1.165) is 42.6 Å². The Morgan fingerprint density at radius 3 is 2.37 bits per heavy atom. The van der Waals surface area contributed by atoms with Gasteiger partial charge >= 0.3 is 0 Å². The molecule has 0 amide bonds. The predicted octanol–water partition coefficient (Wildman–Crippen LogP) is 4.17. The van der Waals surface area contributed by atoms with Crippen LogP contribution in [0.2, 0.25) is 0 Å². The van der Waals surface area contributed by atoms with E-state index in [1.165, 1.54) is 12.1 Å². The number of aliphatic hydroxyl groups excluding tert-OH is 2. The van der Waals surface area contributed by atoms with Crippen LogP contribution in [0.5, 0.6) is 5.75 Å². The highest BCUT2D eigenvalue weighted by molar-refractivity contribution is 7.93. The third-order valence-corrected chi connectivity index (χ3v) is 15.1. The standard InChI is InChI=1S/C38H50N2O9S2/c1-47-21-18-39-25-29-8-11-31(12-9-29)32-4-2-7-36(22-32)51(45,46)40-19-16-37(17-20-40)24-30(26-49-37)10-13-33(42)27-48-34-5-3-6-35(23-34)50(43,44)38(28-41)14-15-38/h2-9,11-12,22-23,30,33,39,41-42H,10,13-21,24-28H2,1H3/t30-,33-/m0/s1. The first-order chi connectivity index (χ1) is 24.5. The van der Waals surface area contributed by atoms with Crippen LogP contribution >= 0.6 is 0 Å². The molecule has 1 spiro atoms. The van der Waals surface area contributed by atoms with Crippen LogP contribution in [0, 0.1) is 5.92 Å². The van der Waals surface area contributed by atoms with Crippen LogP contribution < -0.4 is 10.1 Å². The number of nitrogens with one attached hydrogen (secondary N) is 1. The molecule has 3 fully saturated rings. The van der Waals surface area contributed by atoms with Gasteiger partial charge in [-0.1, -0.05) is 42.5 Å². The summed E-state index contributed by atoms with van der Waals surface area (Å²) in [6, 6.07) is 21.5. The summed E-state index contributed by atoms with van der Waals surface area (Å²) < 4.78 is 70.9. The topological polar surface area (TPSA) is 152 Å². The van der Waals surface area contributed by atoms with Crippen molar-refractivity contribution in [3.8, 4) is 16.9 Å². The van der Waals surface area contributed by atoms with Gasteiger partial charge in [0, 0.05) is 33.3 Å². The van der Waals surface area contributed by atoms with E-state index in [1.807, 2.05) is 30.3 Å². The first-order valence-electron chi connectivity index (χ1n) is 17.8. The Balaban J connectivity index is 0.960. The summed E-state index contributed by atoms with van der Waals surface area (Å²) in [4.78, 5) is 0.402. The maximum absolute atomic E-state index is 13.7. The Labute approximate surface area is 301 Å². The summed E-state index contributed by atoms with van der Waals surface area (Å²) >= 11 is 0. The molecule has 6 rings (SSSR count). The fourth-order valence-corrected chi connectivity index (χ4v) is 10.5. The van der Waals surface area contributed by atoms with Gasteiger partial charge in [0.2, 0.25) is 10.0 Å². The summed E-state index contributed by atoms with van der Waals surface area (Å²) in [5, 5.41) is 23.6. The van der Waals surface area contributed by atoms with Crippen molar-refractivity contribution < 1.29 is 41.3 Å². The van der Waals surface area contributed by atoms with Crippen molar-refractivity contribution in [2.45, 2.75) is 77.7 Å². The number of piperidine rings is 1. The van der Waals surface area contributed by atoms with Crippen molar-refractivity contribution in [2.75, 3.05) is 53.2 Å². The number of sulfone groups is 1. The lowest BCUT2D eigenvalue weighted by atomic mass is 9.84. The lowest BCUT2D eigenvalue weighted by molar-refractivity contribution is -0.0314. The van der Waals surface area contributed by atoms with E-state index in [1.54, 1.807) is 41.7 Å². The normalized spacial score (nSPS) is 20.7. The third-order valence-electron chi connectivity index (χ3n) is 10.6. The zero-order valence-electron chi connectivity index (χ0n) is 29.2. The molecule has 2 heterocycles. The Kier molecular flexibility index (Phi) is 11.9. The smallest absolute Gasteiger partial charge is 0.243 e. The SMILES string of the molecule is COCCNCc1ccc(-c2cccc(S(=O)(=O)N3CCC4(CC3)C[C@H](CC[C@H](O)COc3cccc(S(=O)(=O)C5(CO)CC5)c3)CO4)c2)cc1. The van der Waals surface area contributed by atoms with Crippen molar-refractivity contribution in [1.29, 1.82) is 0 Å². The van der Waals surface area contributed by atoms with Crippen molar-refractivity contribution in [3.63, 3.8) is 0 Å². The van der Waals surface area contributed by atoms with Crippen LogP contribution in [0.1, 0.15) is 50.5 Å². The number of ether oxygens (including phenoxy) is 3. The quantitative estimate of drug-likeness (QED) is 0.172. The van der Waals surface area contributed by atoms with Gasteiger partial charge in [-0.25, -0.2) is 16.8 Å². The number of hydrogen-bond acceptors (Lipinski definition) is 10. The molecule has 3 aromatic rings. The van der Waals surface area contributed by atoms with Gasteiger partial charge in [0.25, 0.3) is 0 Å². The molecule has 2 aliphatic heterocycles. The maximum Gasteiger partial charge on any atom is 0.243 e. The Bertz CT molecular complexity index is 1840. The number of nitrogens with zero attached hydrogens (tertiary/aromatic N) is 1. The molecule has 3 aliphatic rings. The van der Waals surface area contributed by atoms with E-state index in [0.29, 0.717) is 64.2 Å². The molecule has 13 heteroatoms. The van der Waals surface area contributed by atoms with Crippen LogP contribution in [0.15, 0.2) is 82.6 Å². The number of hydrogen-bond donors (Lipinski definition) is 3. The van der Waals surface area contributed by atoms with E-state index in [4.69, 9.17) is 14.2 Å². The Morgan fingerprint density at radius 2 is 1.67 bits per heavy atom. The average molecular weight is 743 g/mol. The van der Waals surface area contributed by atoms with E-state index in [2.05, 4.69) is 5.32 Å². The zero-order valence-corrected chi connectivity index (χ0v) is 30.8. The van der Waals surface area contributed by atoms with E-state index in [-0.39, 0.29) is 27.9 Å². The number of benzene rings is 3. The molecule has 0 unspecified atom stereocenters.